The van der Waals surface area contributed by atoms with Crippen LogP contribution >= 0.6 is 23.7 Å². The fraction of sp³-hybridized carbons (Fsp3) is 0.368. The molecule has 0 aliphatic carbocycles. The maximum absolute atomic E-state index is 4.66. The highest BCUT2D eigenvalue weighted by atomic mass is 35.5. The fourth-order valence-corrected chi connectivity index (χ4v) is 3.89. The zero-order valence-electron chi connectivity index (χ0n) is 16.0. The molecule has 1 fully saturated rings. The number of nitrogens with one attached hydrogen (secondary N) is 1. The molecule has 4 heterocycles. The van der Waals surface area contributed by atoms with Crippen molar-refractivity contribution in [1.29, 1.82) is 0 Å². The van der Waals surface area contributed by atoms with Gasteiger partial charge in [-0.15, -0.1) is 23.7 Å². The number of pyridine rings is 1. The van der Waals surface area contributed by atoms with Crippen LogP contribution in [0.3, 0.4) is 0 Å². The highest BCUT2D eigenvalue weighted by molar-refractivity contribution is 7.14. The number of nitrogens with zero attached hydrogens (tertiary/aromatic N) is 6. The third-order valence-corrected chi connectivity index (χ3v) is 5.42. The highest BCUT2D eigenvalue weighted by Gasteiger charge is 2.18. The summed E-state index contributed by atoms with van der Waals surface area (Å²) in [6.07, 6.45) is 3.59. The van der Waals surface area contributed by atoms with Crippen molar-refractivity contribution >= 4 is 40.5 Å². The first-order valence-electron chi connectivity index (χ1n) is 9.17. The quantitative estimate of drug-likeness (QED) is 0.679. The number of hydrogen-bond donors (Lipinski definition) is 1. The Hall–Kier alpha value is -2.29. The van der Waals surface area contributed by atoms with Crippen LogP contribution in [0.2, 0.25) is 0 Å². The summed E-state index contributed by atoms with van der Waals surface area (Å²) in [4.78, 5) is 22.8. The van der Waals surface area contributed by atoms with Gasteiger partial charge in [0.2, 0.25) is 0 Å². The predicted molar refractivity (Wildman–Crippen MR) is 117 cm³/mol. The maximum Gasteiger partial charge on any atom is 0.188 e. The lowest BCUT2D eigenvalue weighted by atomic mass is 10.2. The van der Waals surface area contributed by atoms with E-state index < -0.39 is 0 Å². The van der Waals surface area contributed by atoms with Gasteiger partial charge in [0.15, 0.2) is 5.13 Å². The topological polar surface area (TPSA) is 70.1 Å². The number of hydrogen-bond acceptors (Lipinski definition) is 8. The molecule has 4 rings (SSSR count). The monoisotopic (exact) mass is 417 g/mol. The molecule has 3 aromatic heterocycles. The van der Waals surface area contributed by atoms with Gasteiger partial charge in [-0.1, -0.05) is 6.92 Å². The predicted octanol–water partition coefficient (Wildman–Crippen LogP) is 3.61. The van der Waals surface area contributed by atoms with Crippen molar-refractivity contribution in [2.45, 2.75) is 13.8 Å². The van der Waals surface area contributed by atoms with Gasteiger partial charge in [0.25, 0.3) is 0 Å². The Labute approximate surface area is 175 Å². The van der Waals surface area contributed by atoms with Crippen LogP contribution in [0.25, 0.3) is 11.3 Å². The van der Waals surface area contributed by atoms with E-state index in [1.165, 1.54) is 0 Å². The highest BCUT2D eigenvalue weighted by Crippen LogP contribution is 2.27. The third kappa shape index (κ3) is 4.76. The van der Waals surface area contributed by atoms with Crippen molar-refractivity contribution in [1.82, 2.24) is 24.8 Å². The third-order valence-electron chi connectivity index (χ3n) is 4.66. The van der Waals surface area contributed by atoms with E-state index in [1.54, 1.807) is 17.5 Å². The van der Waals surface area contributed by atoms with Gasteiger partial charge in [-0.05, 0) is 25.6 Å². The minimum absolute atomic E-state index is 0. The summed E-state index contributed by atoms with van der Waals surface area (Å²) in [5.41, 5.74) is 1.92. The molecule has 1 saturated heterocycles. The Bertz CT molecular complexity index is 894. The Morgan fingerprint density at radius 1 is 1.14 bits per heavy atom. The smallest absolute Gasteiger partial charge is 0.188 e. The van der Waals surface area contributed by atoms with Crippen molar-refractivity contribution < 1.29 is 0 Å². The van der Waals surface area contributed by atoms with Crippen molar-refractivity contribution in [3.05, 3.63) is 41.8 Å². The average molecular weight is 418 g/mol. The van der Waals surface area contributed by atoms with Crippen LogP contribution in [0.15, 0.2) is 36.0 Å². The second-order valence-electron chi connectivity index (χ2n) is 6.48. The van der Waals surface area contributed by atoms with Gasteiger partial charge >= 0.3 is 0 Å². The number of aromatic nitrogens is 4. The van der Waals surface area contributed by atoms with Crippen molar-refractivity contribution in [3.8, 4) is 11.3 Å². The molecule has 28 heavy (non-hydrogen) atoms. The molecule has 0 atom stereocenters. The summed E-state index contributed by atoms with van der Waals surface area (Å²) in [7, 11) is 0. The summed E-state index contributed by atoms with van der Waals surface area (Å²) < 4.78 is 0. The second-order valence-corrected chi connectivity index (χ2v) is 7.34. The molecule has 0 unspecified atom stereocenters. The van der Waals surface area contributed by atoms with E-state index in [0.717, 1.165) is 66.6 Å². The number of thiazole rings is 1. The lowest BCUT2D eigenvalue weighted by Gasteiger charge is -2.34. The summed E-state index contributed by atoms with van der Waals surface area (Å²) >= 11 is 1.56. The molecule has 1 aliphatic rings. The van der Waals surface area contributed by atoms with Crippen molar-refractivity contribution in [3.63, 3.8) is 0 Å². The molecule has 0 amide bonds. The maximum atomic E-state index is 4.66. The van der Waals surface area contributed by atoms with Crippen LogP contribution in [-0.2, 0) is 0 Å². The Morgan fingerprint density at radius 3 is 2.68 bits per heavy atom. The lowest BCUT2D eigenvalue weighted by molar-refractivity contribution is 0.270. The van der Waals surface area contributed by atoms with E-state index in [4.69, 9.17) is 0 Å². The van der Waals surface area contributed by atoms with Gasteiger partial charge in [-0.25, -0.2) is 15.0 Å². The molecule has 0 spiro atoms. The first kappa shape index (κ1) is 20.4. The summed E-state index contributed by atoms with van der Waals surface area (Å²) in [5, 5.41) is 6.17. The van der Waals surface area contributed by atoms with Gasteiger partial charge < -0.3 is 15.1 Å². The largest absolute Gasteiger partial charge is 0.354 e. The van der Waals surface area contributed by atoms with Crippen LogP contribution in [0.4, 0.5) is 16.8 Å². The Morgan fingerprint density at radius 2 is 1.96 bits per heavy atom. The average Bonchev–Trinajstić information content (AvgIpc) is 3.17. The standard InChI is InChI=1S/C19H23N7S.ClH/c1-3-25-7-9-26(10-8-25)18-11-17(21-14(2)22-18)24-19-23-16(13-27-19)15-5-4-6-20-12-15;/h4-6,11-13H,3,7-10H2,1-2H3,(H,21,22,23,24);1H. The molecule has 148 valence electrons. The van der Waals surface area contributed by atoms with Crippen LogP contribution in [-0.4, -0.2) is 57.6 Å². The van der Waals surface area contributed by atoms with Gasteiger partial charge in [0.1, 0.15) is 17.5 Å². The molecule has 0 radical (unpaired) electrons. The molecular formula is C19H24ClN7S. The molecule has 0 aromatic carbocycles. The summed E-state index contributed by atoms with van der Waals surface area (Å²) in [6, 6.07) is 5.94. The van der Waals surface area contributed by atoms with E-state index in [1.807, 2.05) is 36.7 Å². The van der Waals surface area contributed by atoms with E-state index >= 15 is 0 Å². The summed E-state index contributed by atoms with van der Waals surface area (Å²) in [5.74, 6) is 2.52. The molecule has 0 saturated carbocycles. The van der Waals surface area contributed by atoms with Gasteiger partial charge in [0, 0.05) is 55.6 Å². The minimum Gasteiger partial charge on any atom is -0.354 e. The fourth-order valence-electron chi connectivity index (χ4n) is 3.16. The summed E-state index contributed by atoms with van der Waals surface area (Å²) in [6.45, 7) is 9.37. The first-order valence-corrected chi connectivity index (χ1v) is 10.0. The van der Waals surface area contributed by atoms with Gasteiger partial charge in [-0.2, -0.15) is 0 Å². The number of rotatable bonds is 5. The number of likely N-dealkylation sites (N-methyl/N-ethyl adjacent to an activating group) is 1. The lowest BCUT2D eigenvalue weighted by Crippen LogP contribution is -2.46. The van der Waals surface area contributed by atoms with Gasteiger partial charge in [-0.3, -0.25) is 4.98 Å². The second kappa shape index (κ2) is 9.27. The molecule has 0 bridgehead atoms. The van der Waals surface area contributed by atoms with Crippen LogP contribution in [0.1, 0.15) is 12.7 Å². The zero-order chi connectivity index (χ0) is 18.6. The molecule has 3 aromatic rings. The van der Waals surface area contributed by atoms with E-state index in [-0.39, 0.29) is 12.4 Å². The van der Waals surface area contributed by atoms with E-state index in [2.05, 4.69) is 42.0 Å². The van der Waals surface area contributed by atoms with Crippen molar-refractivity contribution in [2.75, 3.05) is 42.9 Å². The van der Waals surface area contributed by atoms with E-state index in [9.17, 15) is 0 Å². The number of halogens is 1. The van der Waals surface area contributed by atoms with Crippen LogP contribution in [0, 0.1) is 6.92 Å². The molecule has 9 heteroatoms. The Balaban J connectivity index is 0.00000225. The molecule has 1 aliphatic heterocycles. The van der Waals surface area contributed by atoms with Gasteiger partial charge in [0.05, 0.1) is 5.69 Å². The molecular weight excluding hydrogens is 394 g/mol. The number of piperazine rings is 1. The minimum atomic E-state index is 0. The van der Waals surface area contributed by atoms with Crippen LogP contribution < -0.4 is 10.2 Å². The normalized spacial score (nSPS) is 14.6. The Kier molecular flexibility index (Phi) is 6.77. The first-order chi connectivity index (χ1) is 13.2. The number of anilines is 3. The number of aryl methyl sites for hydroxylation is 1. The van der Waals surface area contributed by atoms with Crippen LogP contribution in [0.5, 0.6) is 0 Å². The molecule has 1 N–H and O–H groups in total. The zero-order valence-corrected chi connectivity index (χ0v) is 17.6. The van der Waals surface area contributed by atoms with E-state index in [0.29, 0.717) is 0 Å². The molecule has 7 nitrogen and oxygen atoms in total. The van der Waals surface area contributed by atoms with Crippen molar-refractivity contribution in [2.24, 2.45) is 0 Å². The SMILES string of the molecule is CCN1CCN(c2cc(Nc3nc(-c4cccnc4)cs3)nc(C)n2)CC1.Cl.